The van der Waals surface area contributed by atoms with Crippen LogP contribution >= 0.6 is 0 Å². The summed E-state index contributed by atoms with van der Waals surface area (Å²) < 4.78 is 80.6. The Kier molecular flexibility index (Phi) is 7.42. The molecule has 3 atom stereocenters. The molecule has 2 heterocycles. The van der Waals surface area contributed by atoms with Gasteiger partial charge in [0.2, 0.25) is 5.91 Å². The molecule has 0 radical (unpaired) electrons. The van der Waals surface area contributed by atoms with E-state index in [4.69, 9.17) is 0 Å². The largest absolute Gasteiger partial charge is 0.416 e. The molecule has 0 N–H and O–H groups in total. The molecule has 1 unspecified atom stereocenters. The smallest absolute Gasteiger partial charge is 0.335 e. The average Bonchev–Trinajstić information content (AvgIpc) is 3.26. The van der Waals surface area contributed by atoms with Gasteiger partial charge in [-0.2, -0.15) is 26.3 Å². The van der Waals surface area contributed by atoms with Crippen molar-refractivity contribution < 1.29 is 35.9 Å². The monoisotopic (exact) mass is 541 g/mol. The van der Waals surface area contributed by atoms with Crippen molar-refractivity contribution in [3.05, 3.63) is 70.3 Å². The number of carbonyl (C=O) groups is 2. The van der Waals surface area contributed by atoms with E-state index in [1.54, 1.807) is 9.80 Å². The molecule has 2 aliphatic heterocycles. The maximum absolute atomic E-state index is 13.8. The van der Waals surface area contributed by atoms with Gasteiger partial charge in [-0.05, 0) is 54.7 Å². The lowest BCUT2D eigenvalue weighted by atomic mass is 9.89. The lowest BCUT2D eigenvalue weighted by Crippen LogP contribution is -2.57. The van der Waals surface area contributed by atoms with Crippen molar-refractivity contribution in [3.8, 4) is 0 Å². The Balaban J connectivity index is 1.71. The maximum atomic E-state index is 13.8. The molecule has 0 aliphatic carbocycles. The number of aryl methyl sites for hydroxylation is 1. The molecule has 11 heteroatoms. The van der Waals surface area contributed by atoms with Crippen molar-refractivity contribution in [2.75, 3.05) is 20.1 Å². The van der Waals surface area contributed by atoms with Crippen molar-refractivity contribution in [3.63, 3.8) is 0 Å². The zero-order valence-corrected chi connectivity index (χ0v) is 21.2. The second-order valence-corrected chi connectivity index (χ2v) is 9.79. The molecule has 4 rings (SSSR count). The van der Waals surface area contributed by atoms with E-state index in [9.17, 15) is 35.9 Å². The van der Waals surface area contributed by atoms with Crippen molar-refractivity contribution in [2.45, 2.75) is 63.6 Å². The van der Waals surface area contributed by atoms with Crippen molar-refractivity contribution in [2.24, 2.45) is 0 Å². The quantitative estimate of drug-likeness (QED) is 0.418. The molecule has 3 amide bonds. The van der Waals surface area contributed by atoms with E-state index in [1.807, 2.05) is 31.2 Å². The summed E-state index contributed by atoms with van der Waals surface area (Å²) in [6.07, 6.45) is -8.38. The van der Waals surface area contributed by atoms with E-state index < -0.39 is 41.6 Å². The number of halogens is 6. The number of nitrogens with zero attached hydrogens (tertiary/aromatic N) is 3. The lowest BCUT2D eigenvalue weighted by molar-refractivity contribution is -0.143. The number of benzene rings is 2. The maximum Gasteiger partial charge on any atom is 0.416 e. The van der Waals surface area contributed by atoms with E-state index in [-0.39, 0.29) is 30.1 Å². The van der Waals surface area contributed by atoms with Gasteiger partial charge in [0.25, 0.3) is 0 Å². The molecule has 0 bridgehead atoms. The summed E-state index contributed by atoms with van der Waals surface area (Å²) >= 11 is 0. The number of alkyl halides is 6. The highest BCUT2D eigenvalue weighted by atomic mass is 19.4. The highest BCUT2D eigenvalue weighted by molar-refractivity contribution is 5.81. The molecule has 2 aromatic rings. The molecule has 206 valence electrons. The number of piperazine rings is 1. The molecule has 38 heavy (non-hydrogen) atoms. The van der Waals surface area contributed by atoms with Crippen LogP contribution in [0.1, 0.15) is 66.6 Å². The predicted molar refractivity (Wildman–Crippen MR) is 128 cm³/mol. The molecule has 0 saturated carbocycles. The van der Waals surface area contributed by atoms with Gasteiger partial charge in [0, 0.05) is 26.6 Å². The summed E-state index contributed by atoms with van der Waals surface area (Å²) in [6.45, 7) is 3.88. The number of carbonyl (C=O) groups excluding carboxylic acids is 2. The van der Waals surface area contributed by atoms with Gasteiger partial charge in [-0.25, -0.2) is 4.79 Å². The highest BCUT2D eigenvalue weighted by Crippen LogP contribution is 2.41. The van der Waals surface area contributed by atoms with Crippen molar-refractivity contribution >= 4 is 11.9 Å². The van der Waals surface area contributed by atoms with E-state index in [2.05, 4.69) is 0 Å². The first-order valence-electron chi connectivity index (χ1n) is 12.4. The lowest BCUT2D eigenvalue weighted by Gasteiger charge is -2.47. The number of amides is 3. The Hall–Kier alpha value is -3.24. The van der Waals surface area contributed by atoms with Crippen LogP contribution in [-0.2, 0) is 23.6 Å². The molecule has 0 spiro atoms. The Bertz CT molecular complexity index is 1180. The third-order valence-electron chi connectivity index (χ3n) is 7.63. The summed E-state index contributed by atoms with van der Waals surface area (Å²) in [6, 6.07) is 6.60. The zero-order chi connectivity index (χ0) is 28.0. The van der Waals surface area contributed by atoms with Gasteiger partial charge in [0.1, 0.15) is 0 Å². The fourth-order valence-corrected chi connectivity index (χ4v) is 5.48. The predicted octanol–water partition coefficient (Wildman–Crippen LogP) is 6.45. The third-order valence-corrected chi connectivity index (χ3v) is 7.63. The standard InChI is InChI=1S/C27H29F6N3O2/c1-4-17-7-5-6-8-21(17)24-22-9-10-23(37)35(22)11-12-36(24)25(38)34(3)16(2)18-13-19(26(28,29)30)15-20(14-18)27(31,32)33/h5-8,13-16,22,24H,4,9-12H2,1-3H3/t16-,22+,24?/m1/s1. The molecular formula is C27H29F6N3O2. The number of fused-ring (bicyclic) bond motifs is 1. The summed E-state index contributed by atoms with van der Waals surface area (Å²) in [4.78, 5) is 30.9. The Morgan fingerprint density at radius 1 is 1.03 bits per heavy atom. The minimum atomic E-state index is -4.99. The van der Waals surface area contributed by atoms with Gasteiger partial charge in [0.15, 0.2) is 0 Å². The van der Waals surface area contributed by atoms with E-state index in [0.717, 1.165) is 11.1 Å². The van der Waals surface area contributed by atoms with E-state index in [0.29, 0.717) is 37.9 Å². The van der Waals surface area contributed by atoms with E-state index in [1.165, 1.54) is 18.9 Å². The molecule has 2 aromatic carbocycles. The van der Waals surface area contributed by atoms with Crippen LogP contribution in [0.3, 0.4) is 0 Å². The molecule has 5 nitrogen and oxygen atoms in total. The number of urea groups is 1. The number of hydrogen-bond donors (Lipinski definition) is 0. The Morgan fingerprint density at radius 3 is 2.21 bits per heavy atom. The van der Waals surface area contributed by atoms with Gasteiger partial charge in [0.05, 0.1) is 29.3 Å². The van der Waals surface area contributed by atoms with Gasteiger partial charge in [-0.3, -0.25) is 4.79 Å². The fraction of sp³-hybridized carbons (Fsp3) is 0.481. The first kappa shape index (κ1) is 27.8. The van der Waals surface area contributed by atoms with Crippen molar-refractivity contribution in [1.29, 1.82) is 0 Å². The summed E-state index contributed by atoms with van der Waals surface area (Å²) in [7, 11) is 1.37. The van der Waals surface area contributed by atoms with Gasteiger partial charge in [-0.15, -0.1) is 0 Å². The van der Waals surface area contributed by atoms with Crippen LogP contribution < -0.4 is 0 Å². The minimum absolute atomic E-state index is 0.00597. The highest BCUT2D eigenvalue weighted by Gasteiger charge is 2.46. The topological polar surface area (TPSA) is 43.9 Å². The van der Waals surface area contributed by atoms with Crippen LogP contribution in [0, 0.1) is 0 Å². The SMILES string of the molecule is CCc1ccccc1C1[C@@H]2CCC(=O)N2CCN1C(=O)N(C)[C@H](C)c1cc(C(F)(F)F)cc(C(F)(F)F)c1. The van der Waals surface area contributed by atoms with Crippen LogP contribution in [0.15, 0.2) is 42.5 Å². The first-order valence-corrected chi connectivity index (χ1v) is 12.4. The Morgan fingerprint density at radius 2 is 1.63 bits per heavy atom. The van der Waals surface area contributed by atoms with Crippen LogP contribution in [-0.4, -0.2) is 52.8 Å². The summed E-state index contributed by atoms with van der Waals surface area (Å²) in [5.74, 6) is 0.00597. The minimum Gasteiger partial charge on any atom is -0.335 e. The molecule has 0 aromatic heterocycles. The van der Waals surface area contributed by atoms with Crippen LogP contribution in [0.4, 0.5) is 31.1 Å². The molecular weight excluding hydrogens is 512 g/mol. The van der Waals surface area contributed by atoms with Crippen LogP contribution in [0.25, 0.3) is 0 Å². The molecule has 2 aliphatic rings. The second-order valence-electron chi connectivity index (χ2n) is 9.79. The van der Waals surface area contributed by atoms with Crippen LogP contribution in [0.2, 0.25) is 0 Å². The van der Waals surface area contributed by atoms with Crippen molar-refractivity contribution in [1.82, 2.24) is 14.7 Å². The molecule has 2 saturated heterocycles. The third kappa shape index (κ3) is 5.19. The normalized spacial score (nSPS) is 20.9. The van der Waals surface area contributed by atoms with Gasteiger partial charge >= 0.3 is 18.4 Å². The molecule has 2 fully saturated rings. The average molecular weight is 542 g/mol. The van der Waals surface area contributed by atoms with Gasteiger partial charge < -0.3 is 14.7 Å². The van der Waals surface area contributed by atoms with Crippen LogP contribution in [0.5, 0.6) is 0 Å². The fourth-order valence-electron chi connectivity index (χ4n) is 5.48. The number of hydrogen-bond acceptors (Lipinski definition) is 2. The number of rotatable bonds is 4. The Labute approximate surface area is 217 Å². The summed E-state index contributed by atoms with van der Waals surface area (Å²) in [5.41, 5.74) is -1.25. The summed E-state index contributed by atoms with van der Waals surface area (Å²) in [5, 5.41) is 0. The first-order chi connectivity index (χ1) is 17.7. The second kappa shape index (κ2) is 10.1. The van der Waals surface area contributed by atoms with E-state index >= 15 is 0 Å². The van der Waals surface area contributed by atoms with Gasteiger partial charge in [-0.1, -0.05) is 31.2 Å². The zero-order valence-electron chi connectivity index (χ0n) is 21.2.